The number of thioether (sulfide) groups is 1. The maximum Gasteiger partial charge on any atom is 0.417 e. The number of nitrogens with two attached hydrogens (primary N) is 1. The average Bonchev–Trinajstić information content (AvgIpc) is 2.47. The van der Waals surface area contributed by atoms with Crippen molar-refractivity contribution in [3.05, 3.63) is 40.8 Å². The van der Waals surface area contributed by atoms with Gasteiger partial charge in [-0.2, -0.15) is 13.2 Å². The number of carbonyl (C=O) groups excluding carboxylic acids is 1. The fourth-order valence-corrected chi connectivity index (χ4v) is 2.79. The summed E-state index contributed by atoms with van der Waals surface area (Å²) in [4.78, 5) is 19.7. The zero-order valence-corrected chi connectivity index (χ0v) is 13.4. The molecule has 0 atom stereocenters. The highest BCUT2D eigenvalue weighted by molar-refractivity contribution is 7.99. The molecule has 2 aromatic heterocycles. The Kier molecular flexibility index (Phi) is 5.16. The molecule has 0 spiro atoms. The maximum atomic E-state index is 12.8. The summed E-state index contributed by atoms with van der Waals surface area (Å²) in [6, 6.07) is 3.90. The van der Waals surface area contributed by atoms with Crippen molar-refractivity contribution < 1.29 is 18.0 Å². The predicted octanol–water partition coefficient (Wildman–Crippen LogP) is 4.03. The first-order valence-electron chi connectivity index (χ1n) is 6.40. The third kappa shape index (κ3) is 3.94. The Balaban J connectivity index is 2.58. The van der Waals surface area contributed by atoms with E-state index in [2.05, 4.69) is 9.97 Å². The number of nitrogens with zero attached hydrogens (tertiary/aromatic N) is 2. The molecule has 0 aromatic carbocycles. The zero-order chi connectivity index (χ0) is 17.2. The average molecular weight is 362 g/mol. The van der Waals surface area contributed by atoms with Crippen LogP contribution in [0.4, 0.5) is 13.2 Å². The highest BCUT2D eigenvalue weighted by Crippen LogP contribution is 2.34. The number of hydrogen-bond acceptors (Lipinski definition) is 4. The first-order chi connectivity index (χ1) is 10.7. The number of alkyl halides is 3. The molecule has 2 N–H and O–H groups in total. The van der Waals surface area contributed by atoms with Gasteiger partial charge in [0, 0.05) is 16.7 Å². The molecule has 122 valence electrons. The molecule has 2 rings (SSSR count). The van der Waals surface area contributed by atoms with Crippen LogP contribution in [0.1, 0.15) is 23.0 Å². The van der Waals surface area contributed by atoms with Crippen LogP contribution in [-0.4, -0.2) is 21.6 Å². The Hall–Kier alpha value is -1.80. The molecule has 0 radical (unpaired) electrons. The largest absolute Gasteiger partial charge is 0.417 e. The highest BCUT2D eigenvalue weighted by Gasteiger charge is 2.32. The number of pyridine rings is 2. The lowest BCUT2D eigenvalue weighted by Gasteiger charge is -2.11. The van der Waals surface area contributed by atoms with Gasteiger partial charge in [-0.05, 0) is 24.0 Å². The van der Waals surface area contributed by atoms with Crippen LogP contribution in [0.25, 0.3) is 11.3 Å². The Bertz CT molecular complexity index is 753. The maximum absolute atomic E-state index is 12.8. The second kappa shape index (κ2) is 6.76. The van der Waals surface area contributed by atoms with E-state index in [9.17, 15) is 18.0 Å². The third-order valence-electron chi connectivity index (χ3n) is 2.83. The van der Waals surface area contributed by atoms with E-state index in [0.717, 1.165) is 6.07 Å². The summed E-state index contributed by atoms with van der Waals surface area (Å²) in [5.41, 5.74) is 4.41. The normalized spacial score (nSPS) is 11.5. The summed E-state index contributed by atoms with van der Waals surface area (Å²) in [5.74, 6) is -0.0773. The standard InChI is InChI=1S/C14H11ClF3N3OS/c1-2-23-10-4-3-9(21-11(10)13(19)22)8-5-7(14(16,17)18)6-20-12(8)15/h3-6H,2H2,1H3,(H2,19,22). The number of amides is 1. The molecule has 0 aliphatic rings. The Morgan fingerprint density at radius 1 is 1.39 bits per heavy atom. The van der Waals surface area contributed by atoms with Crippen molar-refractivity contribution >= 4 is 29.3 Å². The van der Waals surface area contributed by atoms with E-state index in [4.69, 9.17) is 17.3 Å². The summed E-state index contributed by atoms with van der Waals surface area (Å²) in [6.45, 7) is 1.89. The summed E-state index contributed by atoms with van der Waals surface area (Å²) in [7, 11) is 0. The molecule has 0 bridgehead atoms. The molecule has 1 amide bonds. The van der Waals surface area contributed by atoms with Gasteiger partial charge in [0.05, 0.1) is 11.3 Å². The van der Waals surface area contributed by atoms with Crippen LogP contribution in [0, 0.1) is 0 Å². The van der Waals surface area contributed by atoms with Crippen LogP contribution < -0.4 is 5.73 Å². The van der Waals surface area contributed by atoms with E-state index < -0.39 is 17.6 Å². The molecule has 0 saturated heterocycles. The summed E-state index contributed by atoms with van der Waals surface area (Å²) >= 11 is 7.23. The number of halogens is 4. The lowest BCUT2D eigenvalue weighted by molar-refractivity contribution is -0.137. The van der Waals surface area contributed by atoms with E-state index in [1.54, 1.807) is 6.07 Å². The molecule has 2 heterocycles. The van der Waals surface area contributed by atoms with E-state index in [1.165, 1.54) is 17.8 Å². The SMILES string of the molecule is CCSc1ccc(-c2cc(C(F)(F)F)cnc2Cl)nc1C(N)=O. The van der Waals surface area contributed by atoms with Crippen LogP contribution in [0.5, 0.6) is 0 Å². The minimum absolute atomic E-state index is 0.0113. The van der Waals surface area contributed by atoms with Crippen molar-refractivity contribution in [1.29, 1.82) is 0 Å². The quantitative estimate of drug-likeness (QED) is 0.659. The fraction of sp³-hybridized carbons (Fsp3) is 0.214. The molecule has 23 heavy (non-hydrogen) atoms. The van der Waals surface area contributed by atoms with E-state index in [-0.39, 0.29) is 22.1 Å². The number of aromatic nitrogens is 2. The number of carbonyl (C=O) groups is 1. The van der Waals surface area contributed by atoms with Crippen molar-refractivity contribution in [3.8, 4) is 11.3 Å². The highest BCUT2D eigenvalue weighted by atomic mass is 35.5. The van der Waals surface area contributed by atoms with Gasteiger partial charge in [0.15, 0.2) is 0 Å². The van der Waals surface area contributed by atoms with Crippen molar-refractivity contribution in [1.82, 2.24) is 9.97 Å². The van der Waals surface area contributed by atoms with E-state index in [0.29, 0.717) is 16.8 Å². The molecule has 0 fully saturated rings. The van der Waals surface area contributed by atoms with Crippen LogP contribution in [0.2, 0.25) is 5.15 Å². The third-order valence-corrected chi connectivity index (χ3v) is 4.06. The van der Waals surface area contributed by atoms with Gasteiger partial charge in [-0.25, -0.2) is 9.97 Å². The first kappa shape index (κ1) is 17.6. The van der Waals surface area contributed by atoms with Crippen LogP contribution in [0.15, 0.2) is 29.3 Å². The molecular formula is C14H11ClF3N3OS. The van der Waals surface area contributed by atoms with Crippen LogP contribution >= 0.6 is 23.4 Å². The number of rotatable bonds is 4. The van der Waals surface area contributed by atoms with Crippen LogP contribution in [-0.2, 0) is 6.18 Å². The zero-order valence-electron chi connectivity index (χ0n) is 11.8. The second-order valence-corrected chi connectivity index (χ2v) is 6.06. The monoisotopic (exact) mass is 361 g/mol. The fourth-order valence-electron chi connectivity index (χ4n) is 1.83. The topological polar surface area (TPSA) is 68.9 Å². The second-order valence-electron chi connectivity index (χ2n) is 4.40. The van der Waals surface area contributed by atoms with E-state index >= 15 is 0 Å². The lowest BCUT2D eigenvalue weighted by Crippen LogP contribution is -2.15. The Morgan fingerprint density at radius 2 is 2.09 bits per heavy atom. The van der Waals surface area contributed by atoms with Crippen molar-refractivity contribution in [2.45, 2.75) is 18.0 Å². The molecular weight excluding hydrogens is 351 g/mol. The molecule has 0 saturated carbocycles. The van der Waals surface area contributed by atoms with E-state index in [1.807, 2.05) is 6.92 Å². The first-order valence-corrected chi connectivity index (χ1v) is 7.77. The number of primary amides is 1. The van der Waals surface area contributed by atoms with Gasteiger partial charge in [-0.1, -0.05) is 18.5 Å². The van der Waals surface area contributed by atoms with Gasteiger partial charge < -0.3 is 5.73 Å². The van der Waals surface area contributed by atoms with Gasteiger partial charge in [0.1, 0.15) is 10.8 Å². The molecule has 0 unspecified atom stereocenters. The predicted molar refractivity (Wildman–Crippen MR) is 82.4 cm³/mol. The van der Waals surface area contributed by atoms with Gasteiger partial charge in [0.25, 0.3) is 5.91 Å². The van der Waals surface area contributed by atoms with Crippen LogP contribution in [0.3, 0.4) is 0 Å². The van der Waals surface area contributed by atoms with Gasteiger partial charge in [-0.15, -0.1) is 11.8 Å². The molecule has 0 aliphatic carbocycles. The molecule has 4 nitrogen and oxygen atoms in total. The van der Waals surface area contributed by atoms with Crippen molar-refractivity contribution in [3.63, 3.8) is 0 Å². The number of hydrogen-bond donors (Lipinski definition) is 1. The molecule has 2 aromatic rings. The summed E-state index contributed by atoms with van der Waals surface area (Å²) in [5, 5.41) is -0.142. The Morgan fingerprint density at radius 3 is 2.65 bits per heavy atom. The van der Waals surface area contributed by atoms with Gasteiger partial charge in [-0.3, -0.25) is 4.79 Å². The lowest BCUT2D eigenvalue weighted by atomic mass is 10.1. The van der Waals surface area contributed by atoms with Crippen molar-refractivity contribution in [2.75, 3.05) is 5.75 Å². The summed E-state index contributed by atoms with van der Waals surface area (Å²) in [6.07, 6.45) is -3.92. The summed E-state index contributed by atoms with van der Waals surface area (Å²) < 4.78 is 38.4. The van der Waals surface area contributed by atoms with Gasteiger partial charge >= 0.3 is 6.18 Å². The minimum atomic E-state index is -4.56. The molecule has 0 aliphatic heterocycles. The minimum Gasteiger partial charge on any atom is -0.364 e. The smallest absolute Gasteiger partial charge is 0.364 e. The Labute approximate surface area is 139 Å². The molecule has 9 heteroatoms. The van der Waals surface area contributed by atoms with Gasteiger partial charge in [0.2, 0.25) is 0 Å². The van der Waals surface area contributed by atoms with Crippen molar-refractivity contribution in [2.24, 2.45) is 5.73 Å².